The Morgan fingerprint density at radius 1 is 1.03 bits per heavy atom. The molecule has 1 atom stereocenters. The smallest absolute Gasteiger partial charge is 0.387 e. The largest absolute Gasteiger partial charge is 0.497 e. The monoisotopic (exact) mass is 449 g/mol. The van der Waals surface area contributed by atoms with Crippen molar-refractivity contribution in [2.75, 3.05) is 14.2 Å². The second-order valence-corrected chi connectivity index (χ2v) is 7.98. The van der Waals surface area contributed by atoms with Gasteiger partial charge in [-0.05, 0) is 74.6 Å². The van der Waals surface area contributed by atoms with Gasteiger partial charge in [0.15, 0.2) is 12.5 Å². The van der Waals surface area contributed by atoms with E-state index in [2.05, 4.69) is 18.6 Å². The molecule has 0 saturated heterocycles. The Balaban J connectivity index is 1.78. The molecule has 2 aromatic carbocycles. The predicted molar refractivity (Wildman–Crippen MR) is 117 cm³/mol. The van der Waals surface area contributed by atoms with Crippen molar-refractivity contribution in [2.24, 2.45) is 0 Å². The number of benzene rings is 2. The Morgan fingerprint density at radius 3 is 2.19 bits per heavy atom. The molecule has 0 aliphatic rings. The van der Waals surface area contributed by atoms with Crippen LogP contribution in [0.25, 0.3) is 11.4 Å². The number of nitrogens with one attached hydrogen (secondary N) is 1. The van der Waals surface area contributed by atoms with E-state index in [1.165, 1.54) is 0 Å². The maximum atomic E-state index is 12.3. The summed E-state index contributed by atoms with van der Waals surface area (Å²) in [6.45, 7) is 2.58. The van der Waals surface area contributed by atoms with E-state index in [1.807, 2.05) is 40.6 Å². The highest BCUT2D eigenvalue weighted by atomic mass is 32.1. The van der Waals surface area contributed by atoms with E-state index in [9.17, 15) is 8.78 Å². The highest BCUT2D eigenvalue weighted by Crippen LogP contribution is 2.24. The topological polar surface area (TPSA) is 45.6 Å². The lowest BCUT2D eigenvalue weighted by Gasteiger charge is -2.14. The molecule has 1 aromatic heterocycles. The van der Waals surface area contributed by atoms with Crippen molar-refractivity contribution in [3.63, 3.8) is 0 Å². The molecular weight excluding hydrogens is 422 g/mol. The third-order valence-corrected chi connectivity index (χ3v) is 5.22. The van der Waals surface area contributed by atoms with Crippen molar-refractivity contribution >= 4 is 12.2 Å². The summed E-state index contributed by atoms with van der Waals surface area (Å²) in [6.07, 6.45) is 0. The highest BCUT2D eigenvalue weighted by Gasteiger charge is 2.17. The van der Waals surface area contributed by atoms with Gasteiger partial charge in [0, 0.05) is 17.2 Å². The predicted octanol–water partition coefficient (Wildman–Crippen LogP) is 3.94. The Labute approximate surface area is 185 Å². The molecule has 31 heavy (non-hydrogen) atoms. The lowest BCUT2D eigenvalue weighted by atomic mass is 10.2. The van der Waals surface area contributed by atoms with Gasteiger partial charge < -0.3 is 14.4 Å². The third kappa shape index (κ3) is 5.68. The van der Waals surface area contributed by atoms with E-state index < -0.39 is 6.61 Å². The van der Waals surface area contributed by atoms with Gasteiger partial charge in [0.2, 0.25) is 4.77 Å². The van der Waals surface area contributed by atoms with Gasteiger partial charge in [0.25, 0.3) is 0 Å². The fourth-order valence-electron chi connectivity index (χ4n) is 3.37. The molecule has 3 rings (SSSR count). The zero-order chi connectivity index (χ0) is 22.5. The first kappa shape index (κ1) is 22.9. The van der Waals surface area contributed by atoms with Gasteiger partial charge in [-0.2, -0.15) is 13.5 Å². The number of halogens is 2. The van der Waals surface area contributed by atoms with E-state index >= 15 is 0 Å². The van der Waals surface area contributed by atoms with Crippen molar-refractivity contribution in [3.05, 3.63) is 58.9 Å². The molecule has 9 heteroatoms. The molecule has 0 amide bonds. The average molecular weight is 450 g/mol. The second-order valence-electron chi connectivity index (χ2n) is 7.61. The Hall–Kier alpha value is -2.78. The molecule has 3 aromatic rings. The summed E-state index contributed by atoms with van der Waals surface area (Å²) in [6, 6.07) is 14.6. The van der Waals surface area contributed by atoms with E-state index in [0.29, 0.717) is 18.0 Å². The lowest BCUT2D eigenvalue weighted by Crippen LogP contribution is -3.07. The normalized spacial score (nSPS) is 12.4. The number of quaternary nitrogens is 1. The first-order valence-electron chi connectivity index (χ1n) is 9.97. The van der Waals surface area contributed by atoms with Crippen molar-refractivity contribution < 1.29 is 23.2 Å². The van der Waals surface area contributed by atoms with Crippen molar-refractivity contribution in [2.45, 2.75) is 39.7 Å². The minimum absolute atomic E-state index is 0.151. The van der Waals surface area contributed by atoms with Crippen LogP contribution in [0, 0.1) is 4.77 Å². The molecule has 1 N–H and O–H groups in total. The number of rotatable bonds is 9. The molecule has 0 aliphatic carbocycles. The van der Waals surface area contributed by atoms with Gasteiger partial charge in [-0.3, -0.25) is 4.57 Å². The minimum atomic E-state index is -2.82. The number of aromatic nitrogens is 3. The molecule has 0 bridgehead atoms. The van der Waals surface area contributed by atoms with Gasteiger partial charge >= 0.3 is 6.61 Å². The summed E-state index contributed by atoms with van der Waals surface area (Å²) in [5.41, 5.74) is 1.97. The first-order valence-corrected chi connectivity index (χ1v) is 10.4. The molecule has 166 valence electrons. The molecule has 0 spiro atoms. The van der Waals surface area contributed by atoms with Crippen LogP contribution in [-0.2, 0) is 13.2 Å². The minimum Gasteiger partial charge on any atom is -0.497 e. The van der Waals surface area contributed by atoms with Gasteiger partial charge in [-0.15, -0.1) is 5.10 Å². The standard InChI is InChI=1S/C22H26F2N4O2S/c1-15(2)28-20(17-7-11-18(29-4)12-8-17)25-27(22(28)31)14-26(3)13-16-5-9-19(10-6-16)30-21(23)24/h5-12,15,21H,13-14H2,1-4H3/p+1. The second kappa shape index (κ2) is 10.0. The van der Waals surface area contributed by atoms with Gasteiger partial charge in [-0.25, -0.2) is 0 Å². The summed E-state index contributed by atoms with van der Waals surface area (Å²) in [7, 11) is 3.67. The van der Waals surface area contributed by atoms with Crippen LogP contribution in [0.3, 0.4) is 0 Å². The molecule has 6 nitrogen and oxygen atoms in total. The van der Waals surface area contributed by atoms with Crippen LogP contribution >= 0.6 is 12.2 Å². The first-order chi connectivity index (χ1) is 14.8. The summed E-state index contributed by atoms with van der Waals surface area (Å²) in [5.74, 6) is 1.74. The molecule has 1 unspecified atom stereocenters. The van der Waals surface area contributed by atoms with E-state index in [1.54, 1.807) is 31.4 Å². The van der Waals surface area contributed by atoms with E-state index in [-0.39, 0.29) is 11.8 Å². The van der Waals surface area contributed by atoms with Crippen molar-refractivity contribution in [1.82, 2.24) is 14.3 Å². The molecule has 0 radical (unpaired) electrons. The Bertz CT molecular complexity index is 1050. The maximum absolute atomic E-state index is 12.3. The van der Waals surface area contributed by atoms with Gasteiger partial charge in [-0.1, -0.05) is 0 Å². The number of nitrogens with zero attached hydrogens (tertiary/aromatic N) is 3. The Morgan fingerprint density at radius 2 is 1.65 bits per heavy atom. The molecule has 0 fully saturated rings. The van der Waals surface area contributed by atoms with Crippen molar-refractivity contribution in [1.29, 1.82) is 0 Å². The fourth-order valence-corrected chi connectivity index (χ4v) is 3.78. The SMILES string of the molecule is COc1ccc(-c2nn(C[NH+](C)Cc3ccc(OC(F)F)cc3)c(=S)n2C(C)C)cc1. The summed E-state index contributed by atoms with van der Waals surface area (Å²) in [4.78, 5) is 1.15. The van der Waals surface area contributed by atoms with Crippen LogP contribution in [0.15, 0.2) is 48.5 Å². The summed E-state index contributed by atoms with van der Waals surface area (Å²) in [5, 5.41) is 4.80. The number of hydrogen-bond donors (Lipinski definition) is 1. The highest BCUT2D eigenvalue weighted by molar-refractivity contribution is 7.71. The van der Waals surface area contributed by atoms with Crippen LogP contribution < -0.4 is 14.4 Å². The summed E-state index contributed by atoms with van der Waals surface area (Å²) >= 11 is 5.72. The van der Waals surface area contributed by atoms with Crippen LogP contribution in [0.4, 0.5) is 8.78 Å². The zero-order valence-corrected chi connectivity index (χ0v) is 18.8. The van der Waals surface area contributed by atoms with Crippen LogP contribution in [0.2, 0.25) is 0 Å². The fraction of sp³-hybridized carbons (Fsp3) is 0.364. The quantitative estimate of drug-likeness (QED) is 0.503. The van der Waals surface area contributed by atoms with Gasteiger partial charge in [0.05, 0.1) is 14.2 Å². The van der Waals surface area contributed by atoms with Gasteiger partial charge in [0.1, 0.15) is 18.0 Å². The van der Waals surface area contributed by atoms with Crippen LogP contribution in [-0.4, -0.2) is 35.1 Å². The van der Waals surface area contributed by atoms with E-state index in [4.69, 9.17) is 22.1 Å². The molecule has 0 saturated carbocycles. The average Bonchev–Trinajstić information content (AvgIpc) is 3.05. The van der Waals surface area contributed by atoms with Crippen molar-refractivity contribution in [3.8, 4) is 22.9 Å². The lowest BCUT2D eigenvalue weighted by molar-refractivity contribution is -0.917. The maximum Gasteiger partial charge on any atom is 0.387 e. The third-order valence-electron chi connectivity index (χ3n) is 4.81. The number of alkyl halides is 2. The van der Waals surface area contributed by atoms with Crippen LogP contribution in [0.5, 0.6) is 11.5 Å². The Kier molecular flexibility index (Phi) is 7.40. The van der Waals surface area contributed by atoms with E-state index in [0.717, 1.165) is 27.6 Å². The zero-order valence-electron chi connectivity index (χ0n) is 18.0. The molecular formula is C22H27F2N4O2S+. The molecule has 0 aliphatic heterocycles. The summed E-state index contributed by atoms with van der Waals surface area (Å²) < 4.78 is 38.8. The number of methoxy groups -OCH3 is 1. The molecule has 1 heterocycles. The number of hydrogen-bond acceptors (Lipinski definition) is 4. The van der Waals surface area contributed by atoms with Crippen LogP contribution in [0.1, 0.15) is 25.5 Å². The number of ether oxygens (including phenoxy) is 2.